The summed E-state index contributed by atoms with van der Waals surface area (Å²) < 4.78 is 42.7. The Labute approximate surface area is 180 Å². The summed E-state index contributed by atoms with van der Waals surface area (Å²) in [4.78, 5) is 0.389. The minimum absolute atomic E-state index is 0.143. The molecular formula is C19H20F2N4O3S2. The molecule has 2 N–H and O–H groups in total. The summed E-state index contributed by atoms with van der Waals surface area (Å²) in [5.41, 5.74) is 0.882. The molecule has 0 bridgehead atoms. The molecule has 0 unspecified atom stereocenters. The number of hydrogen-bond donors (Lipinski definition) is 1. The van der Waals surface area contributed by atoms with Crippen molar-refractivity contribution in [1.82, 2.24) is 14.9 Å². The van der Waals surface area contributed by atoms with Gasteiger partial charge in [0.1, 0.15) is 23.9 Å². The van der Waals surface area contributed by atoms with Gasteiger partial charge in [0.25, 0.3) is 5.76 Å². The zero-order valence-electron chi connectivity index (χ0n) is 16.2. The lowest BCUT2D eigenvalue weighted by molar-refractivity contribution is 0.251. The van der Waals surface area contributed by atoms with E-state index < -0.39 is 5.76 Å². The fraction of sp³-hybridized carbons (Fsp3) is 0.263. The first-order chi connectivity index (χ1) is 14.5. The Morgan fingerprint density at radius 3 is 2.60 bits per heavy atom. The zero-order chi connectivity index (χ0) is 21.5. The fourth-order valence-corrected chi connectivity index (χ4v) is 3.90. The Morgan fingerprint density at radius 2 is 1.87 bits per heavy atom. The quantitative estimate of drug-likeness (QED) is 0.361. The number of thioether (sulfide) groups is 2. The number of benzene rings is 2. The summed E-state index contributed by atoms with van der Waals surface area (Å²) in [5.74, 6) is 6.26. The van der Waals surface area contributed by atoms with Crippen molar-refractivity contribution in [3.8, 4) is 17.2 Å². The van der Waals surface area contributed by atoms with Crippen molar-refractivity contribution in [2.45, 2.75) is 28.2 Å². The maximum Gasteiger partial charge on any atom is 0.289 e. The van der Waals surface area contributed by atoms with E-state index in [0.717, 1.165) is 5.56 Å². The van der Waals surface area contributed by atoms with Gasteiger partial charge in [-0.05, 0) is 29.8 Å². The molecule has 0 amide bonds. The van der Waals surface area contributed by atoms with E-state index in [-0.39, 0.29) is 6.61 Å². The average Bonchev–Trinajstić information content (AvgIpc) is 3.10. The maximum atomic E-state index is 12.6. The first-order valence-corrected chi connectivity index (χ1v) is 10.6. The average molecular weight is 455 g/mol. The molecule has 0 aliphatic carbocycles. The van der Waals surface area contributed by atoms with Gasteiger partial charge in [0.15, 0.2) is 5.82 Å². The van der Waals surface area contributed by atoms with E-state index in [9.17, 15) is 8.78 Å². The second kappa shape index (κ2) is 10.4. The highest BCUT2D eigenvalue weighted by Crippen LogP contribution is 2.35. The summed E-state index contributed by atoms with van der Waals surface area (Å²) in [6, 6.07) is 12.3. The lowest BCUT2D eigenvalue weighted by Crippen LogP contribution is -2.15. The molecule has 0 spiro atoms. The molecule has 2 aromatic carbocycles. The SMILES string of the molecule is COc1cccc(OCc2nnc(SCc3ccc(SC(F)F)c(OC)c3)n2N)c1. The van der Waals surface area contributed by atoms with Crippen LogP contribution in [0.1, 0.15) is 11.4 Å². The number of alkyl halides is 2. The minimum Gasteiger partial charge on any atom is -0.497 e. The van der Waals surface area contributed by atoms with Gasteiger partial charge in [0, 0.05) is 11.8 Å². The smallest absolute Gasteiger partial charge is 0.289 e. The van der Waals surface area contributed by atoms with Crippen LogP contribution in [0.3, 0.4) is 0 Å². The third-order valence-corrected chi connectivity index (χ3v) is 5.74. The van der Waals surface area contributed by atoms with E-state index in [1.54, 1.807) is 37.4 Å². The topological polar surface area (TPSA) is 84.4 Å². The number of hydrogen-bond acceptors (Lipinski definition) is 8. The minimum atomic E-state index is -2.51. The van der Waals surface area contributed by atoms with E-state index in [1.165, 1.54) is 23.5 Å². The van der Waals surface area contributed by atoms with Gasteiger partial charge in [-0.15, -0.1) is 10.2 Å². The number of rotatable bonds is 10. The van der Waals surface area contributed by atoms with Crippen molar-refractivity contribution in [1.29, 1.82) is 0 Å². The molecule has 0 saturated heterocycles. The summed E-state index contributed by atoms with van der Waals surface area (Å²) in [6.07, 6.45) is 0. The molecule has 11 heteroatoms. The van der Waals surface area contributed by atoms with Crippen LogP contribution in [0.2, 0.25) is 0 Å². The molecule has 0 radical (unpaired) electrons. The number of halogens is 2. The molecule has 0 saturated carbocycles. The Morgan fingerprint density at radius 1 is 1.07 bits per heavy atom. The Kier molecular flexibility index (Phi) is 7.63. The first-order valence-electron chi connectivity index (χ1n) is 8.71. The Bertz CT molecular complexity index is 988. The van der Waals surface area contributed by atoms with Gasteiger partial charge in [-0.25, -0.2) is 4.68 Å². The molecule has 0 atom stereocenters. The normalized spacial score (nSPS) is 11.0. The van der Waals surface area contributed by atoms with Crippen LogP contribution < -0.4 is 20.1 Å². The highest BCUT2D eigenvalue weighted by Gasteiger charge is 2.14. The lowest BCUT2D eigenvalue weighted by atomic mass is 10.2. The van der Waals surface area contributed by atoms with Crippen LogP contribution in [0.4, 0.5) is 8.78 Å². The van der Waals surface area contributed by atoms with E-state index in [2.05, 4.69) is 10.2 Å². The molecule has 1 aromatic heterocycles. The summed E-state index contributed by atoms with van der Waals surface area (Å²) >= 11 is 1.82. The highest BCUT2D eigenvalue weighted by atomic mass is 32.2. The molecular weight excluding hydrogens is 434 g/mol. The van der Waals surface area contributed by atoms with Crippen LogP contribution in [0.5, 0.6) is 17.2 Å². The maximum absolute atomic E-state index is 12.6. The Hall–Kier alpha value is -2.66. The van der Waals surface area contributed by atoms with Crippen molar-refractivity contribution in [2.24, 2.45) is 0 Å². The van der Waals surface area contributed by atoms with Gasteiger partial charge in [-0.3, -0.25) is 0 Å². The number of ether oxygens (including phenoxy) is 3. The second-order valence-electron chi connectivity index (χ2n) is 5.89. The van der Waals surface area contributed by atoms with E-state index >= 15 is 0 Å². The standard InChI is InChI=1S/C19H20F2N4O3S2/c1-26-13-4-3-5-14(9-13)28-10-17-23-24-19(25(17)22)29-11-12-6-7-16(30-18(20)21)15(8-12)27-2/h3-9,18H,10-11,22H2,1-2H3. The van der Waals surface area contributed by atoms with E-state index in [0.29, 0.717) is 50.6 Å². The highest BCUT2D eigenvalue weighted by molar-refractivity contribution is 7.99. The molecule has 0 aliphatic rings. The van der Waals surface area contributed by atoms with Crippen LogP contribution in [-0.2, 0) is 12.4 Å². The number of nitrogens with zero attached hydrogens (tertiary/aromatic N) is 3. The number of nitrogen functional groups attached to an aromatic ring is 1. The number of aromatic nitrogens is 3. The summed E-state index contributed by atoms with van der Waals surface area (Å²) in [5, 5.41) is 8.66. The van der Waals surface area contributed by atoms with Gasteiger partial charge in [0.2, 0.25) is 5.16 Å². The molecule has 1 heterocycles. The Balaban J connectivity index is 1.61. The zero-order valence-corrected chi connectivity index (χ0v) is 17.9. The molecule has 0 aliphatic heterocycles. The first kappa shape index (κ1) is 22.0. The molecule has 160 valence electrons. The molecule has 30 heavy (non-hydrogen) atoms. The monoisotopic (exact) mass is 454 g/mol. The largest absolute Gasteiger partial charge is 0.497 e. The molecule has 3 aromatic rings. The summed E-state index contributed by atoms with van der Waals surface area (Å²) in [7, 11) is 3.03. The predicted octanol–water partition coefficient (Wildman–Crippen LogP) is 4.20. The second-order valence-corrected chi connectivity index (χ2v) is 7.86. The third kappa shape index (κ3) is 5.70. The van der Waals surface area contributed by atoms with Crippen LogP contribution in [-0.4, -0.2) is 34.9 Å². The van der Waals surface area contributed by atoms with Gasteiger partial charge in [-0.2, -0.15) is 8.78 Å². The van der Waals surface area contributed by atoms with Crippen LogP contribution >= 0.6 is 23.5 Å². The van der Waals surface area contributed by atoms with Gasteiger partial charge < -0.3 is 20.1 Å². The van der Waals surface area contributed by atoms with Crippen LogP contribution in [0.25, 0.3) is 0 Å². The fourth-order valence-electron chi connectivity index (χ4n) is 2.49. The number of methoxy groups -OCH3 is 2. The molecule has 7 nitrogen and oxygen atoms in total. The van der Waals surface area contributed by atoms with Crippen molar-refractivity contribution >= 4 is 23.5 Å². The van der Waals surface area contributed by atoms with Crippen molar-refractivity contribution in [3.63, 3.8) is 0 Å². The van der Waals surface area contributed by atoms with Crippen LogP contribution in [0.15, 0.2) is 52.5 Å². The molecule has 0 fully saturated rings. The van der Waals surface area contributed by atoms with E-state index in [4.69, 9.17) is 20.1 Å². The van der Waals surface area contributed by atoms with Crippen molar-refractivity contribution in [3.05, 3.63) is 53.9 Å². The van der Waals surface area contributed by atoms with Crippen molar-refractivity contribution < 1.29 is 23.0 Å². The van der Waals surface area contributed by atoms with Gasteiger partial charge in [-0.1, -0.05) is 35.7 Å². The predicted molar refractivity (Wildman–Crippen MR) is 112 cm³/mol. The third-order valence-electron chi connectivity index (χ3n) is 3.96. The lowest BCUT2D eigenvalue weighted by Gasteiger charge is -2.10. The number of nitrogens with two attached hydrogens (primary N) is 1. The van der Waals surface area contributed by atoms with Crippen molar-refractivity contribution in [2.75, 3.05) is 20.1 Å². The summed E-state index contributed by atoms with van der Waals surface area (Å²) in [6.45, 7) is 0.143. The van der Waals surface area contributed by atoms with E-state index in [1.807, 2.05) is 12.1 Å². The van der Waals surface area contributed by atoms with Crippen LogP contribution in [0, 0.1) is 0 Å². The molecule has 3 rings (SSSR count). The van der Waals surface area contributed by atoms with Gasteiger partial charge in [0.05, 0.1) is 19.1 Å². The van der Waals surface area contributed by atoms with Gasteiger partial charge >= 0.3 is 0 Å².